The van der Waals surface area contributed by atoms with Gasteiger partial charge in [-0.3, -0.25) is 4.72 Å². The van der Waals surface area contributed by atoms with Crippen molar-refractivity contribution in [3.8, 4) is 6.07 Å². The van der Waals surface area contributed by atoms with Crippen LogP contribution in [0.15, 0.2) is 38.5 Å². The van der Waals surface area contributed by atoms with E-state index >= 15 is 0 Å². The molecular weight excluding hydrogens is 431 g/mol. The van der Waals surface area contributed by atoms with Crippen LogP contribution in [0, 0.1) is 17.1 Å². The molecule has 0 bridgehead atoms. The van der Waals surface area contributed by atoms with Crippen LogP contribution < -0.4 is 4.72 Å². The molecule has 0 saturated carbocycles. The second-order valence-electron chi connectivity index (χ2n) is 3.69. The van der Waals surface area contributed by atoms with Gasteiger partial charge in [0.1, 0.15) is 16.5 Å². The highest BCUT2D eigenvalue weighted by Crippen LogP contribution is 2.23. The molecule has 0 spiro atoms. The first kappa shape index (κ1) is 15.8. The smallest absolute Gasteiger partial charge is 0.261 e. The molecule has 108 valence electrons. The Morgan fingerprint density at radius 3 is 2.67 bits per heavy atom. The number of hydrogen-bond acceptors (Lipinski definition) is 5. The fourth-order valence-corrected chi connectivity index (χ4v) is 3.44. The van der Waals surface area contributed by atoms with Crippen molar-refractivity contribution in [3.63, 3.8) is 0 Å². The molecule has 0 amide bonds. The van der Waals surface area contributed by atoms with Crippen LogP contribution in [-0.4, -0.2) is 18.4 Å². The summed E-state index contributed by atoms with van der Waals surface area (Å²) in [6.45, 7) is 0. The summed E-state index contributed by atoms with van der Waals surface area (Å²) < 4.78 is 40.4. The number of anilines is 1. The van der Waals surface area contributed by atoms with E-state index in [0.717, 1.165) is 18.2 Å². The van der Waals surface area contributed by atoms with Gasteiger partial charge >= 0.3 is 0 Å². The van der Waals surface area contributed by atoms with Crippen molar-refractivity contribution in [2.24, 2.45) is 0 Å². The standard InChI is InChI=1S/C11H5Br2FN4O2S/c12-9-5-16-11(10(13)17-9)18-21(19,20)7-1-2-8(14)6(3-7)4-15/h1-3,5H,(H,16,18). The molecule has 0 saturated heterocycles. The van der Waals surface area contributed by atoms with Gasteiger partial charge in [-0.2, -0.15) is 5.26 Å². The van der Waals surface area contributed by atoms with E-state index in [1.54, 1.807) is 6.07 Å². The molecule has 0 fully saturated rings. The molecule has 2 aromatic rings. The van der Waals surface area contributed by atoms with Crippen molar-refractivity contribution in [3.05, 3.63) is 45.0 Å². The summed E-state index contributed by atoms with van der Waals surface area (Å²) in [4.78, 5) is 7.54. The van der Waals surface area contributed by atoms with Gasteiger partial charge in [0, 0.05) is 0 Å². The van der Waals surface area contributed by atoms with Gasteiger partial charge in [-0.25, -0.2) is 22.8 Å². The van der Waals surface area contributed by atoms with Crippen LogP contribution in [0.25, 0.3) is 0 Å². The lowest BCUT2D eigenvalue weighted by Gasteiger charge is -2.08. The van der Waals surface area contributed by atoms with Gasteiger partial charge in [0.2, 0.25) is 0 Å². The van der Waals surface area contributed by atoms with Crippen LogP contribution in [-0.2, 0) is 10.0 Å². The molecule has 0 atom stereocenters. The fraction of sp³-hybridized carbons (Fsp3) is 0. The van der Waals surface area contributed by atoms with Crippen molar-refractivity contribution < 1.29 is 12.8 Å². The third-order valence-corrected chi connectivity index (χ3v) is 4.57. The minimum Gasteiger partial charge on any atom is -0.261 e. The Balaban J connectivity index is 2.41. The normalized spacial score (nSPS) is 11.0. The molecule has 10 heteroatoms. The number of rotatable bonds is 3. The molecule has 21 heavy (non-hydrogen) atoms. The zero-order chi connectivity index (χ0) is 15.6. The second kappa shape index (κ2) is 6.05. The van der Waals surface area contributed by atoms with E-state index in [0.29, 0.717) is 4.60 Å². The first-order valence-electron chi connectivity index (χ1n) is 5.24. The van der Waals surface area contributed by atoms with Gasteiger partial charge in [0.05, 0.1) is 16.7 Å². The molecule has 1 aromatic carbocycles. The highest BCUT2D eigenvalue weighted by Gasteiger charge is 2.19. The topological polar surface area (TPSA) is 95.7 Å². The molecule has 6 nitrogen and oxygen atoms in total. The van der Waals surface area contributed by atoms with Crippen LogP contribution in [0.5, 0.6) is 0 Å². The average Bonchev–Trinajstić information content (AvgIpc) is 2.42. The minimum atomic E-state index is -4.01. The molecular formula is C11H5Br2FN4O2S. The lowest BCUT2D eigenvalue weighted by molar-refractivity contribution is 0.599. The Hall–Kier alpha value is -1.57. The molecule has 0 aliphatic heterocycles. The van der Waals surface area contributed by atoms with Gasteiger partial charge in [-0.15, -0.1) is 0 Å². The molecule has 1 heterocycles. The Labute approximate surface area is 136 Å². The van der Waals surface area contributed by atoms with Gasteiger partial charge < -0.3 is 0 Å². The number of benzene rings is 1. The molecule has 2 rings (SSSR count). The quantitative estimate of drug-likeness (QED) is 0.799. The van der Waals surface area contributed by atoms with Crippen LogP contribution in [0.3, 0.4) is 0 Å². The molecule has 1 N–H and O–H groups in total. The first-order chi connectivity index (χ1) is 9.83. The van der Waals surface area contributed by atoms with E-state index in [2.05, 4.69) is 46.5 Å². The van der Waals surface area contributed by atoms with Gasteiger partial charge in [0.15, 0.2) is 10.4 Å². The first-order valence-corrected chi connectivity index (χ1v) is 8.31. The number of aromatic nitrogens is 2. The van der Waals surface area contributed by atoms with Crippen molar-refractivity contribution in [2.75, 3.05) is 4.72 Å². The van der Waals surface area contributed by atoms with E-state index in [1.165, 1.54) is 6.20 Å². The molecule has 0 aliphatic carbocycles. The summed E-state index contributed by atoms with van der Waals surface area (Å²) in [7, 11) is -4.01. The van der Waals surface area contributed by atoms with Crippen molar-refractivity contribution in [1.29, 1.82) is 5.26 Å². The van der Waals surface area contributed by atoms with Gasteiger partial charge in [0.25, 0.3) is 10.0 Å². The van der Waals surface area contributed by atoms with Crippen LogP contribution in [0.4, 0.5) is 10.2 Å². The lowest BCUT2D eigenvalue weighted by atomic mass is 10.2. The van der Waals surface area contributed by atoms with E-state index in [-0.39, 0.29) is 20.9 Å². The maximum atomic E-state index is 13.2. The van der Waals surface area contributed by atoms with E-state index in [1.807, 2.05) is 0 Å². The van der Waals surface area contributed by atoms with Gasteiger partial charge in [-0.1, -0.05) is 0 Å². The number of sulfonamides is 1. The SMILES string of the molecule is N#Cc1cc(S(=O)(=O)Nc2ncc(Br)nc2Br)ccc1F. The van der Waals surface area contributed by atoms with E-state index < -0.39 is 15.8 Å². The maximum Gasteiger partial charge on any atom is 0.263 e. The van der Waals surface area contributed by atoms with Crippen LogP contribution >= 0.6 is 31.9 Å². The maximum absolute atomic E-state index is 13.2. The van der Waals surface area contributed by atoms with Crippen LogP contribution in [0.1, 0.15) is 5.56 Å². The number of hydrogen-bond donors (Lipinski definition) is 1. The van der Waals surface area contributed by atoms with Crippen molar-refractivity contribution >= 4 is 47.7 Å². The predicted octanol–water partition coefficient (Wildman–Crippen LogP) is 2.81. The molecule has 1 aromatic heterocycles. The van der Waals surface area contributed by atoms with Crippen molar-refractivity contribution in [1.82, 2.24) is 9.97 Å². The highest BCUT2D eigenvalue weighted by atomic mass is 79.9. The van der Waals surface area contributed by atoms with E-state index in [4.69, 9.17) is 5.26 Å². The summed E-state index contributed by atoms with van der Waals surface area (Å²) >= 11 is 6.16. The fourth-order valence-electron chi connectivity index (χ4n) is 1.36. The monoisotopic (exact) mass is 434 g/mol. The third-order valence-electron chi connectivity index (χ3n) is 2.30. The van der Waals surface area contributed by atoms with Gasteiger partial charge in [-0.05, 0) is 50.1 Å². The number of nitriles is 1. The number of nitrogens with zero attached hydrogens (tertiary/aromatic N) is 3. The number of halogens is 3. The Kier molecular flexibility index (Phi) is 4.55. The zero-order valence-corrected chi connectivity index (χ0v) is 14.0. The minimum absolute atomic E-state index is 0.0268. The summed E-state index contributed by atoms with van der Waals surface area (Å²) in [5, 5.41) is 8.73. The molecule has 0 radical (unpaired) electrons. The molecule has 0 unspecified atom stereocenters. The molecule has 0 aliphatic rings. The van der Waals surface area contributed by atoms with Crippen LogP contribution in [0.2, 0.25) is 0 Å². The second-order valence-corrected chi connectivity index (χ2v) is 6.94. The largest absolute Gasteiger partial charge is 0.263 e. The van der Waals surface area contributed by atoms with E-state index in [9.17, 15) is 12.8 Å². The summed E-state index contributed by atoms with van der Waals surface area (Å²) in [5.74, 6) is -0.818. The predicted molar refractivity (Wildman–Crippen MR) is 79.4 cm³/mol. The Bertz CT molecular complexity index is 852. The summed E-state index contributed by atoms with van der Waals surface area (Å²) in [5.41, 5.74) is -0.362. The highest BCUT2D eigenvalue weighted by molar-refractivity contribution is 9.11. The Morgan fingerprint density at radius 1 is 1.33 bits per heavy atom. The Morgan fingerprint density at radius 2 is 2.05 bits per heavy atom. The zero-order valence-electron chi connectivity index (χ0n) is 10.0. The summed E-state index contributed by atoms with van der Waals surface area (Å²) in [6, 6.07) is 4.49. The van der Waals surface area contributed by atoms with Crippen molar-refractivity contribution in [2.45, 2.75) is 4.90 Å². The average molecular weight is 436 g/mol. The lowest BCUT2D eigenvalue weighted by Crippen LogP contribution is -2.15. The summed E-state index contributed by atoms with van der Waals surface area (Å²) in [6.07, 6.45) is 1.31. The number of nitrogens with one attached hydrogen (secondary N) is 1. The third kappa shape index (κ3) is 3.55.